The van der Waals surface area contributed by atoms with Gasteiger partial charge in [0.25, 0.3) is 5.89 Å². The van der Waals surface area contributed by atoms with Crippen molar-refractivity contribution in [1.29, 1.82) is 0 Å². The van der Waals surface area contributed by atoms with E-state index >= 15 is 0 Å². The van der Waals surface area contributed by atoms with E-state index in [1.807, 2.05) is 12.3 Å². The molecule has 1 N–H and O–H groups in total. The van der Waals surface area contributed by atoms with Crippen LogP contribution in [-0.4, -0.2) is 28.1 Å². The zero-order chi connectivity index (χ0) is 13.7. The van der Waals surface area contributed by atoms with Gasteiger partial charge < -0.3 is 14.6 Å². The minimum absolute atomic E-state index is 0.122. The van der Waals surface area contributed by atoms with E-state index in [0.29, 0.717) is 11.7 Å². The Morgan fingerprint density at radius 3 is 3.05 bits per heavy atom. The van der Waals surface area contributed by atoms with E-state index in [1.54, 1.807) is 7.11 Å². The Morgan fingerprint density at radius 1 is 1.53 bits per heavy atom. The summed E-state index contributed by atoms with van der Waals surface area (Å²) >= 11 is 1.52. The van der Waals surface area contributed by atoms with Gasteiger partial charge in [-0.2, -0.15) is 4.98 Å². The molecule has 0 atom stereocenters. The number of thiazole rings is 1. The van der Waals surface area contributed by atoms with Crippen LogP contribution in [0.5, 0.6) is 0 Å². The van der Waals surface area contributed by atoms with Crippen molar-refractivity contribution in [3.8, 4) is 0 Å². The highest BCUT2D eigenvalue weighted by atomic mass is 32.1. The molecule has 0 aliphatic rings. The second-order valence-electron chi connectivity index (χ2n) is 3.85. The Balaban J connectivity index is 1.79. The summed E-state index contributed by atoms with van der Waals surface area (Å²) in [6.45, 7) is 2.40. The molecule has 1 amide bonds. The van der Waals surface area contributed by atoms with Crippen LogP contribution < -0.4 is 5.32 Å². The summed E-state index contributed by atoms with van der Waals surface area (Å²) in [6.07, 6.45) is 0.257. The molecule has 7 nitrogen and oxygen atoms in total. The van der Waals surface area contributed by atoms with Gasteiger partial charge in [-0.3, -0.25) is 4.79 Å². The van der Waals surface area contributed by atoms with E-state index in [9.17, 15) is 4.79 Å². The molecule has 0 saturated heterocycles. The summed E-state index contributed by atoms with van der Waals surface area (Å²) in [4.78, 5) is 19.9. The van der Waals surface area contributed by atoms with Gasteiger partial charge in [-0.25, -0.2) is 4.98 Å². The van der Waals surface area contributed by atoms with Crippen molar-refractivity contribution in [1.82, 2.24) is 20.4 Å². The van der Waals surface area contributed by atoms with Crippen LogP contribution in [0.1, 0.15) is 22.4 Å². The van der Waals surface area contributed by atoms with Crippen molar-refractivity contribution in [2.24, 2.45) is 0 Å². The summed E-state index contributed by atoms with van der Waals surface area (Å²) in [5.41, 5.74) is 0.771. The van der Waals surface area contributed by atoms with Gasteiger partial charge in [-0.05, 0) is 6.92 Å². The van der Waals surface area contributed by atoms with E-state index in [-0.39, 0.29) is 25.5 Å². The lowest BCUT2D eigenvalue weighted by Gasteiger charge is -1.99. The fourth-order valence-electron chi connectivity index (χ4n) is 1.44. The predicted octanol–water partition coefficient (Wildman–Crippen LogP) is 0.840. The Kier molecular flexibility index (Phi) is 4.58. The van der Waals surface area contributed by atoms with Crippen LogP contribution in [0.2, 0.25) is 0 Å². The smallest absolute Gasteiger partial charge is 0.252 e. The fourth-order valence-corrected chi connectivity index (χ4v) is 2.05. The molecule has 0 spiro atoms. The van der Waals surface area contributed by atoms with Crippen LogP contribution in [0.15, 0.2) is 9.90 Å². The molecule has 0 aromatic carbocycles. The maximum Gasteiger partial charge on any atom is 0.252 e. The Bertz CT molecular complexity index is 552. The van der Waals surface area contributed by atoms with Gasteiger partial charge in [-0.15, -0.1) is 11.3 Å². The van der Waals surface area contributed by atoms with Crippen molar-refractivity contribution >= 4 is 17.2 Å². The topological polar surface area (TPSA) is 90.1 Å². The quantitative estimate of drug-likeness (QED) is 0.844. The number of rotatable bonds is 6. The highest BCUT2D eigenvalue weighted by Gasteiger charge is 2.09. The molecule has 0 fully saturated rings. The van der Waals surface area contributed by atoms with E-state index in [0.717, 1.165) is 10.7 Å². The number of nitrogens with one attached hydrogen (secondary N) is 1. The molecular weight excluding hydrogens is 268 g/mol. The van der Waals surface area contributed by atoms with Gasteiger partial charge in [0.2, 0.25) is 5.91 Å². The predicted molar refractivity (Wildman–Crippen MR) is 67.4 cm³/mol. The van der Waals surface area contributed by atoms with Crippen molar-refractivity contribution in [2.45, 2.75) is 26.5 Å². The van der Waals surface area contributed by atoms with E-state index in [1.165, 1.54) is 11.3 Å². The number of carbonyl (C=O) groups is 1. The molecule has 0 radical (unpaired) electrons. The van der Waals surface area contributed by atoms with Gasteiger partial charge in [0, 0.05) is 12.5 Å². The van der Waals surface area contributed by atoms with Gasteiger partial charge in [0.1, 0.15) is 6.61 Å². The first-order valence-electron chi connectivity index (χ1n) is 5.65. The van der Waals surface area contributed by atoms with Gasteiger partial charge in [0.05, 0.1) is 23.7 Å². The molecule has 0 bridgehead atoms. The fraction of sp³-hybridized carbons (Fsp3) is 0.455. The van der Waals surface area contributed by atoms with E-state index in [4.69, 9.17) is 9.26 Å². The standard InChI is InChI=1S/C11H14N4O3S/c1-7-13-8(6-19-7)3-10(16)12-4-9-14-11(5-17-2)18-15-9/h6H,3-5H2,1-2H3,(H,12,16). The first kappa shape index (κ1) is 13.6. The highest BCUT2D eigenvalue weighted by molar-refractivity contribution is 7.09. The molecule has 2 aromatic rings. The summed E-state index contributed by atoms with van der Waals surface area (Å²) < 4.78 is 9.77. The summed E-state index contributed by atoms with van der Waals surface area (Å²) in [5.74, 6) is 0.695. The minimum atomic E-state index is -0.122. The summed E-state index contributed by atoms with van der Waals surface area (Å²) in [6, 6.07) is 0. The van der Waals surface area contributed by atoms with Crippen molar-refractivity contribution in [2.75, 3.05) is 7.11 Å². The second-order valence-corrected chi connectivity index (χ2v) is 4.91. The first-order valence-corrected chi connectivity index (χ1v) is 6.53. The SMILES string of the molecule is COCc1nc(CNC(=O)Cc2csc(C)n2)no1. The van der Waals surface area contributed by atoms with E-state index < -0.39 is 0 Å². The van der Waals surface area contributed by atoms with Crippen molar-refractivity contribution < 1.29 is 14.1 Å². The molecule has 0 unspecified atom stereocenters. The van der Waals surface area contributed by atoms with Crippen LogP contribution in [0, 0.1) is 6.92 Å². The molecule has 102 valence electrons. The maximum atomic E-state index is 11.7. The monoisotopic (exact) mass is 282 g/mol. The molecule has 2 rings (SSSR count). The minimum Gasteiger partial charge on any atom is -0.375 e. The third-order valence-electron chi connectivity index (χ3n) is 2.23. The lowest BCUT2D eigenvalue weighted by atomic mass is 10.3. The molecule has 0 saturated carbocycles. The lowest BCUT2D eigenvalue weighted by Crippen LogP contribution is -2.25. The number of hydrogen-bond donors (Lipinski definition) is 1. The maximum absolute atomic E-state index is 11.7. The molecule has 19 heavy (non-hydrogen) atoms. The van der Waals surface area contributed by atoms with Crippen LogP contribution in [0.3, 0.4) is 0 Å². The lowest BCUT2D eigenvalue weighted by molar-refractivity contribution is -0.120. The number of aromatic nitrogens is 3. The number of ether oxygens (including phenoxy) is 1. The van der Waals surface area contributed by atoms with Crippen molar-refractivity contribution in [3.63, 3.8) is 0 Å². The Labute approximate surface area is 114 Å². The van der Waals surface area contributed by atoms with Crippen LogP contribution in [0.4, 0.5) is 0 Å². The number of carbonyl (C=O) groups excluding carboxylic acids is 1. The van der Waals surface area contributed by atoms with Gasteiger partial charge in [-0.1, -0.05) is 5.16 Å². The molecule has 8 heteroatoms. The van der Waals surface area contributed by atoms with Crippen LogP contribution >= 0.6 is 11.3 Å². The third-order valence-corrected chi connectivity index (χ3v) is 3.05. The van der Waals surface area contributed by atoms with Crippen molar-refractivity contribution in [3.05, 3.63) is 27.8 Å². The van der Waals surface area contributed by atoms with E-state index in [2.05, 4.69) is 20.4 Å². The Hall–Kier alpha value is -1.80. The summed E-state index contributed by atoms with van der Waals surface area (Å²) in [5, 5.41) is 9.26. The third kappa shape index (κ3) is 4.11. The zero-order valence-corrected chi connectivity index (χ0v) is 11.5. The number of aryl methyl sites for hydroxylation is 1. The zero-order valence-electron chi connectivity index (χ0n) is 10.7. The number of amides is 1. The first-order chi connectivity index (χ1) is 9.17. The highest BCUT2D eigenvalue weighted by Crippen LogP contribution is 2.08. The molecule has 2 aromatic heterocycles. The number of methoxy groups -OCH3 is 1. The molecule has 0 aliphatic heterocycles. The molecule has 0 aliphatic carbocycles. The molecule has 2 heterocycles. The van der Waals surface area contributed by atoms with Crippen LogP contribution in [0.25, 0.3) is 0 Å². The number of hydrogen-bond acceptors (Lipinski definition) is 7. The average Bonchev–Trinajstić information content (AvgIpc) is 2.97. The normalized spacial score (nSPS) is 10.6. The summed E-state index contributed by atoms with van der Waals surface area (Å²) in [7, 11) is 1.54. The largest absolute Gasteiger partial charge is 0.375 e. The second kappa shape index (κ2) is 6.39. The Morgan fingerprint density at radius 2 is 2.37 bits per heavy atom. The number of nitrogens with zero attached hydrogens (tertiary/aromatic N) is 3. The van der Waals surface area contributed by atoms with Gasteiger partial charge >= 0.3 is 0 Å². The van der Waals surface area contributed by atoms with Crippen LogP contribution in [-0.2, 0) is 29.1 Å². The average molecular weight is 282 g/mol. The van der Waals surface area contributed by atoms with Gasteiger partial charge in [0.15, 0.2) is 5.82 Å². The molecular formula is C11H14N4O3S.